The topological polar surface area (TPSA) is 100 Å². The minimum Gasteiger partial charge on any atom is -0.497 e. The van der Waals surface area contributed by atoms with Gasteiger partial charge < -0.3 is 20.1 Å². The number of ether oxygens (including phenoxy) is 2. The molecule has 3 aromatic rings. The molecular formula is C25H19Cl2N3O4. The van der Waals surface area contributed by atoms with E-state index in [1.165, 1.54) is 12.1 Å². The van der Waals surface area contributed by atoms with Crippen molar-refractivity contribution in [3.8, 4) is 17.6 Å². The van der Waals surface area contributed by atoms with Crippen LogP contribution in [0.2, 0.25) is 10.0 Å². The van der Waals surface area contributed by atoms with Gasteiger partial charge in [-0.1, -0.05) is 35.3 Å². The number of anilines is 2. The predicted octanol–water partition coefficient (Wildman–Crippen LogP) is 5.57. The summed E-state index contributed by atoms with van der Waals surface area (Å²) in [4.78, 5) is 24.5. The van der Waals surface area contributed by atoms with E-state index in [4.69, 9.17) is 32.7 Å². The van der Waals surface area contributed by atoms with Crippen molar-refractivity contribution in [2.45, 2.75) is 0 Å². The summed E-state index contributed by atoms with van der Waals surface area (Å²) in [5.41, 5.74) is 1.40. The van der Waals surface area contributed by atoms with E-state index in [2.05, 4.69) is 10.6 Å². The number of benzene rings is 3. The number of nitriles is 1. The Morgan fingerprint density at radius 2 is 1.65 bits per heavy atom. The van der Waals surface area contributed by atoms with E-state index in [-0.39, 0.29) is 18.1 Å². The molecule has 172 valence electrons. The highest BCUT2D eigenvalue weighted by atomic mass is 35.5. The van der Waals surface area contributed by atoms with E-state index in [9.17, 15) is 14.9 Å². The second-order valence-corrected chi connectivity index (χ2v) is 7.73. The average molecular weight is 496 g/mol. The van der Waals surface area contributed by atoms with Gasteiger partial charge in [-0.05, 0) is 66.2 Å². The molecule has 0 aliphatic heterocycles. The van der Waals surface area contributed by atoms with Crippen LogP contribution in [0.3, 0.4) is 0 Å². The molecule has 9 heteroatoms. The largest absolute Gasteiger partial charge is 0.497 e. The number of rotatable bonds is 8. The van der Waals surface area contributed by atoms with Crippen molar-refractivity contribution in [3.63, 3.8) is 0 Å². The first-order chi connectivity index (χ1) is 16.4. The van der Waals surface area contributed by atoms with Crippen LogP contribution < -0.4 is 20.1 Å². The molecule has 0 aliphatic carbocycles. The number of hydrogen-bond acceptors (Lipinski definition) is 5. The molecule has 3 rings (SSSR count). The Morgan fingerprint density at radius 1 is 0.971 bits per heavy atom. The summed E-state index contributed by atoms with van der Waals surface area (Å²) in [5, 5.41) is 15.4. The first-order valence-corrected chi connectivity index (χ1v) is 10.7. The Labute approximate surface area is 206 Å². The summed E-state index contributed by atoms with van der Waals surface area (Å²) < 4.78 is 10.6. The standard InChI is InChI=1S/C25H19Cl2N3O4/c1-33-20-9-5-19(6-10-20)29-24(31)15-34-21-7-2-16(3-8-21)12-17(14-28)25(32)30-23-13-18(26)4-11-22(23)27/h2-13H,15H2,1H3,(H,29,31)(H,30,32)/b17-12-. The molecule has 0 atom stereocenters. The summed E-state index contributed by atoms with van der Waals surface area (Å²) in [5.74, 6) is 0.198. The first-order valence-electron chi connectivity index (χ1n) is 9.93. The summed E-state index contributed by atoms with van der Waals surface area (Å²) in [6, 6.07) is 20.0. The third-order valence-electron chi connectivity index (χ3n) is 4.48. The zero-order chi connectivity index (χ0) is 24.5. The zero-order valence-corrected chi connectivity index (χ0v) is 19.5. The molecule has 2 amide bonds. The van der Waals surface area contributed by atoms with Gasteiger partial charge in [0.15, 0.2) is 6.61 Å². The molecule has 0 heterocycles. The highest BCUT2D eigenvalue weighted by molar-refractivity contribution is 6.36. The van der Waals surface area contributed by atoms with Crippen LogP contribution in [0.15, 0.2) is 72.3 Å². The van der Waals surface area contributed by atoms with Gasteiger partial charge in [0.1, 0.15) is 23.1 Å². The Kier molecular flexibility index (Phi) is 8.52. The van der Waals surface area contributed by atoms with Crippen molar-refractivity contribution in [1.29, 1.82) is 5.26 Å². The van der Waals surface area contributed by atoms with Gasteiger partial charge in [-0.2, -0.15) is 5.26 Å². The van der Waals surface area contributed by atoms with Gasteiger partial charge in [-0.25, -0.2) is 0 Å². The van der Waals surface area contributed by atoms with Crippen LogP contribution in [-0.2, 0) is 9.59 Å². The monoisotopic (exact) mass is 495 g/mol. The average Bonchev–Trinajstić information content (AvgIpc) is 2.84. The Morgan fingerprint density at radius 3 is 2.29 bits per heavy atom. The van der Waals surface area contributed by atoms with Gasteiger partial charge in [-0.3, -0.25) is 9.59 Å². The highest BCUT2D eigenvalue weighted by Crippen LogP contribution is 2.26. The Hall–Kier alpha value is -3.99. The SMILES string of the molecule is COc1ccc(NC(=O)COc2ccc(/C=C(/C#N)C(=O)Nc3cc(Cl)ccc3Cl)cc2)cc1. The van der Waals surface area contributed by atoms with E-state index in [0.717, 1.165) is 0 Å². The lowest BCUT2D eigenvalue weighted by Gasteiger charge is -2.09. The second-order valence-electron chi connectivity index (χ2n) is 6.88. The number of carbonyl (C=O) groups is 2. The fourth-order valence-corrected chi connectivity index (χ4v) is 3.12. The fraction of sp³-hybridized carbons (Fsp3) is 0.0800. The fourth-order valence-electron chi connectivity index (χ4n) is 2.78. The van der Waals surface area contributed by atoms with Crippen molar-refractivity contribution in [2.24, 2.45) is 0 Å². The smallest absolute Gasteiger partial charge is 0.266 e. The van der Waals surface area contributed by atoms with Gasteiger partial charge in [0, 0.05) is 10.7 Å². The van der Waals surface area contributed by atoms with Crippen molar-refractivity contribution in [2.75, 3.05) is 24.4 Å². The number of halogens is 2. The normalized spacial score (nSPS) is 10.7. The van der Waals surface area contributed by atoms with Crippen LogP contribution in [0, 0.1) is 11.3 Å². The number of amides is 2. The van der Waals surface area contributed by atoms with Crippen LogP contribution in [0.25, 0.3) is 6.08 Å². The zero-order valence-electron chi connectivity index (χ0n) is 18.0. The molecule has 0 radical (unpaired) electrons. The van der Waals surface area contributed by atoms with E-state index in [1.807, 2.05) is 6.07 Å². The number of nitrogens with one attached hydrogen (secondary N) is 2. The lowest BCUT2D eigenvalue weighted by atomic mass is 10.1. The number of carbonyl (C=O) groups excluding carboxylic acids is 2. The molecule has 0 saturated carbocycles. The van der Waals surface area contributed by atoms with Crippen LogP contribution in [0.4, 0.5) is 11.4 Å². The van der Waals surface area contributed by atoms with Gasteiger partial charge in [0.25, 0.3) is 11.8 Å². The number of methoxy groups -OCH3 is 1. The van der Waals surface area contributed by atoms with Crippen molar-refractivity contribution < 1.29 is 19.1 Å². The van der Waals surface area contributed by atoms with Gasteiger partial charge >= 0.3 is 0 Å². The molecule has 0 bridgehead atoms. The second kappa shape index (κ2) is 11.8. The molecule has 0 fully saturated rings. The van der Waals surface area contributed by atoms with E-state index >= 15 is 0 Å². The van der Waals surface area contributed by atoms with Crippen molar-refractivity contribution >= 4 is 52.5 Å². The van der Waals surface area contributed by atoms with E-state index < -0.39 is 5.91 Å². The summed E-state index contributed by atoms with van der Waals surface area (Å²) in [6.07, 6.45) is 1.42. The molecule has 0 aliphatic rings. The van der Waals surface area contributed by atoms with Crippen LogP contribution in [0.1, 0.15) is 5.56 Å². The molecule has 0 saturated heterocycles. The Bertz CT molecular complexity index is 1250. The number of nitrogens with zero attached hydrogens (tertiary/aromatic N) is 1. The van der Waals surface area contributed by atoms with Gasteiger partial charge in [0.2, 0.25) is 0 Å². The molecule has 0 aromatic heterocycles. The maximum atomic E-state index is 12.5. The molecule has 0 unspecified atom stereocenters. The third-order valence-corrected chi connectivity index (χ3v) is 5.04. The van der Waals surface area contributed by atoms with Gasteiger partial charge in [-0.15, -0.1) is 0 Å². The molecule has 2 N–H and O–H groups in total. The van der Waals surface area contributed by atoms with Crippen LogP contribution in [0.5, 0.6) is 11.5 Å². The van der Waals surface area contributed by atoms with Crippen LogP contribution in [-0.4, -0.2) is 25.5 Å². The molecule has 7 nitrogen and oxygen atoms in total. The quantitative estimate of drug-likeness (QED) is 0.314. The molecule has 34 heavy (non-hydrogen) atoms. The van der Waals surface area contributed by atoms with E-state index in [1.54, 1.807) is 67.8 Å². The lowest BCUT2D eigenvalue weighted by Crippen LogP contribution is -2.20. The third kappa shape index (κ3) is 7.01. The predicted molar refractivity (Wildman–Crippen MR) is 132 cm³/mol. The molecule has 0 spiro atoms. The van der Waals surface area contributed by atoms with E-state index in [0.29, 0.717) is 38.5 Å². The maximum absolute atomic E-state index is 12.5. The van der Waals surface area contributed by atoms with Crippen LogP contribution >= 0.6 is 23.2 Å². The maximum Gasteiger partial charge on any atom is 0.266 e. The number of hydrogen-bond donors (Lipinski definition) is 2. The summed E-state index contributed by atoms with van der Waals surface area (Å²) in [7, 11) is 1.56. The molecular weight excluding hydrogens is 477 g/mol. The lowest BCUT2D eigenvalue weighted by molar-refractivity contribution is -0.118. The minimum atomic E-state index is -0.623. The molecule has 3 aromatic carbocycles. The summed E-state index contributed by atoms with van der Waals surface area (Å²) >= 11 is 12.0. The Balaban J connectivity index is 1.57. The first kappa shape index (κ1) is 24.6. The van der Waals surface area contributed by atoms with Crippen molar-refractivity contribution in [1.82, 2.24) is 0 Å². The highest BCUT2D eigenvalue weighted by Gasteiger charge is 2.12. The van der Waals surface area contributed by atoms with Gasteiger partial charge in [0.05, 0.1) is 17.8 Å². The minimum absolute atomic E-state index is 0.122. The van der Waals surface area contributed by atoms with Crippen molar-refractivity contribution in [3.05, 3.63) is 87.9 Å². The summed E-state index contributed by atoms with van der Waals surface area (Å²) in [6.45, 7) is -0.187.